The number of allylic oxidation sites excluding steroid dienone is 3. The minimum Gasteiger partial charge on any atom is -0.255 e. The normalized spacial score (nSPS) is 18.6. The van der Waals surface area contributed by atoms with Crippen molar-refractivity contribution in [1.29, 1.82) is 0 Å². The van der Waals surface area contributed by atoms with E-state index in [2.05, 4.69) is 29.4 Å². The lowest BCUT2D eigenvalue weighted by Gasteiger charge is -2.16. The fourth-order valence-electron chi connectivity index (χ4n) is 2.98. The minimum atomic E-state index is 0.712. The predicted molar refractivity (Wildman–Crippen MR) is 89.8 cm³/mol. The second kappa shape index (κ2) is 7.02. The van der Waals surface area contributed by atoms with Crippen molar-refractivity contribution in [2.75, 3.05) is 0 Å². The first-order valence-electron chi connectivity index (χ1n) is 8.18. The van der Waals surface area contributed by atoms with Crippen LogP contribution in [0.25, 0.3) is 6.08 Å². The number of aromatic nitrogens is 2. The highest BCUT2D eigenvalue weighted by Gasteiger charge is 2.27. The zero-order valence-corrected chi connectivity index (χ0v) is 14.0. The molecule has 0 atom stereocenters. The first kappa shape index (κ1) is 15.9. The van der Waals surface area contributed by atoms with Gasteiger partial charge in [-0.15, -0.1) is 0 Å². The number of hydrogen-bond acceptors (Lipinski definition) is 2. The van der Waals surface area contributed by atoms with Gasteiger partial charge in [0.05, 0.1) is 17.1 Å². The largest absolute Gasteiger partial charge is 0.255 e. The van der Waals surface area contributed by atoms with Crippen LogP contribution in [0, 0.1) is 26.2 Å². The van der Waals surface area contributed by atoms with Crippen molar-refractivity contribution in [2.45, 2.75) is 60.3 Å². The van der Waals surface area contributed by atoms with Gasteiger partial charge >= 0.3 is 0 Å². The topological polar surface area (TPSA) is 25.8 Å². The molecule has 2 aliphatic rings. The summed E-state index contributed by atoms with van der Waals surface area (Å²) in [5.74, 6) is 0.712. The summed E-state index contributed by atoms with van der Waals surface area (Å²) in [6.07, 6.45) is 11.6. The third-order valence-electron chi connectivity index (χ3n) is 4.32. The van der Waals surface area contributed by atoms with Gasteiger partial charge in [-0.05, 0) is 58.4 Å². The molecule has 0 amide bonds. The first-order valence-corrected chi connectivity index (χ1v) is 8.18. The fourth-order valence-corrected chi connectivity index (χ4v) is 2.98. The Morgan fingerprint density at radius 2 is 1.76 bits per heavy atom. The van der Waals surface area contributed by atoms with E-state index in [9.17, 15) is 0 Å². The molecule has 0 unspecified atom stereocenters. The van der Waals surface area contributed by atoms with Crippen LogP contribution < -0.4 is 0 Å². The van der Waals surface area contributed by atoms with Gasteiger partial charge in [-0.1, -0.05) is 30.6 Å². The van der Waals surface area contributed by atoms with Crippen molar-refractivity contribution in [3.05, 3.63) is 46.4 Å². The van der Waals surface area contributed by atoms with Gasteiger partial charge in [0, 0.05) is 12.6 Å². The van der Waals surface area contributed by atoms with Crippen LogP contribution in [0.4, 0.5) is 0 Å². The highest BCUT2D eigenvalue weighted by atomic mass is 14.8. The molecule has 0 spiro atoms. The van der Waals surface area contributed by atoms with Gasteiger partial charge in [0.25, 0.3) is 0 Å². The summed E-state index contributed by atoms with van der Waals surface area (Å²) in [6.45, 7) is 10.3. The van der Waals surface area contributed by atoms with E-state index in [1.807, 2.05) is 33.9 Å². The van der Waals surface area contributed by atoms with Gasteiger partial charge in [0.2, 0.25) is 0 Å². The van der Waals surface area contributed by atoms with Gasteiger partial charge in [0.1, 0.15) is 0 Å². The van der Waals surface area contributed by atoms with Gasteiger partial charge in [0.15, 0.2) is 0 Å². The second-order valence-electron chi connectivity index (χ2n) is 5.84. The standard InChI is InChI=1S/C17H21N2.C2H6/c1-11(8-17-13(3)19-12(2)10-18-17)14-4-6-15-9-16(15)7-5-14;1-2/h8-10,14H,4-7H2,1-3H3;1-2H3/b11-8+;. The average molecular weight is 283 g/mol. The molecule has 0 aromatic carbocycles. The Morgan fingerprint density at radius 1 is 1.14 bits per heavy atom. The van der Waals surface area contributed by atoms with Crippen LogP contribution in [0.15, 0.2) is 22.9 Å². The van der Waals surface area contributed by atoms with Crippen molar-refractivity contribution in [1.82, 2.24) is 9.97 Å². The van der Waals surface area contributed by atoms with E-state index in [1.54, 1.807) is 11.1 Å². The summed E-state index contributed by atoms with van der Waals surface area (Å²) >= 11 is 0. The van der Waals surface area contributed by atoms with E-state index in [-0.39, 0.29) is 0 Å². The lowest BCUT2D eigenvalue weighted by Crippen LogP contribution is -2.03. The highest BCUT2D eigenvalue weighted by Crippen LogP contribution is 2.43. The van der Waals surface area contributed by atoms with E-state index >= 15 is 0 Å². The highest BCUT2D eigenvalue weighted by molar-refractivity contribution is 5.53. The molecular weight excluding hydrogens is 256 g/mol. The molecule has 21 heavy (non-hydrogen) atoms. The smallest absolute Gasteiger partial charge is 0.0841 e. The lowest BCUT2D eigenvalue weighted by molar-refractivity contribution is 0.532. The van der Waals surface area contributed by atoms with Crippen molar-refractivity contribution < 1.29 is 0 Å². The fraction of sp³-hybridized carbons (Fsp3) is 0.526. The van der Waals surface area contributed by atoms with Crippen LogP contribution in [0.5, 0.6) is 0 Å². The molecule has 2 heteroatoms. The Hall–Kier alpha value is -1.44. The van der Waals surface area contributed by atoms with E-state index in [1.165, 1.54) is 31.3 Å². The molecule has 2 aliphatic carbocycles. The van der Waals surface area contributed by atoms with E-state index in [0.29, 0.717) is 5.92 Å². The molecule has 1 aromatic heterocycles. The Labute approximate surface area is 129 Å². The molecule has 0 fully saturated rings. The molecule has 0 saturated heterocycles. The number of aryl methyl sites for hydroxylation is 2. The van der Waals surface area contributed by atoms with Gasteiger partial charge in [-0.25, -0.2) is 0 Å². The van der Waals surface area contributed by atoms with Crippen molar-refractivity contribution in [3.63, 3.8) is 0 Å². The Kier molecular flexibility index (Phi) is 5.33. The molecule has 1 heterocycles. The van der Waals surface area contributed by atoms with E-state index < -0.39 is 0 Å². The predicted octanol–water partition coefficient (Wildman–Crippen LogP) is 5.23. The lowest BCUT2D eigenvalue weighted by atomic mass is 9.90. The summed E-state index contributed by atoms with van der Waals surface area (Å²) in [7, 11) is 0. The first-order chi connectivity index (χ1) is 10.1. The van der Waals surface area contributed by atoms with Crippen molar-refractivity contribution >= 4 is 6.08 Å². The molecule has 113 valence electrons. The van der Waals surface area contributed by atoms with Crippen LogP contribution in [-0.2, 0) is 0 Å². The third-order valence-corrected chi connectivity index (χ3v) is 4.32. The Bertz CT molecular complexity index is 551. The third kappa shape index (κ3) is 4.03. The maximum Gasteiger partial charge on any atom is 0.0841 e. The molecule has 1 aromatic rings. The van der Waals surface area contributed by atoms with Crippen molar-refractivity contribution in [3.8, 4) is 0 Å². The van der Waals surface area contributed by atoms with Crippen LogP contribution >= 0.6 is 0 Å². The summed E-state index contributed by atoms with van der Waals surface area (Å²) in [5.41, 5.74) is 7.77. The SMILES string of the molecule is C/C(=C\c1ncc(C)nc1C)C1CCC2=C([CH]2)CC1.CC. The zero-order chi connectivity index (χ0) is 15.4. The van der Waals surface area contributed by atoms with Gasteiger partial charge < -0.3 is 0 Å². The average Bonchev–Trinajstić information content (AvgIpc) is 3.22. The molecule has 2 nitrogen and oxygen atoms in total. The van der Waals surface area contributed by atoms with Gasteiger partial charge in [-0.2, -0.15) is 0 Å². The van der Waals surface area contributed by atoms with Crippen LogP contribution in [-0.4, -0.2) is 9.97 Å². The van der Waals surface area contributed by atoms with Gasteiger partial charge in [-0.3, -0.25) is 9.97 Å². The second-order valence-corrected chi connectivity index (χ2v) is 5.84. The molecule has 3 rings (SSSR count). The quantitative estimate of drug-likeness (QED) is 0.743. The summed E-state index contributed by atoms with van der Waals surface area (Å²) in [4.78, 5) is 8.99. The van der Waals surface area contributed by atoms with Crippen LogP contribution in [0.1, 0.15) is 63.5 Å². The van der Waals surface area contributed by atoms with Crippen molar-refractivity contribution in [2.24, 2.45) is 5.92 Å². The molecule has 0 N–H and O–H groups in total. The van der Waals surface area contributed by atoms with E-state index in [4.69, 9.17) is 0 Å². The Morgan fingerprint density at radius 3 is 2.33 bits per heavy atom. The Balaban J connectivity index is 0.000000774. The monoisotopic (exact) mass is 283 g/mol. The number of rotatable bonds is 2. The maximum absolute atomic E-state index is 4.50. The zero-order valence-electron chi connectivity index (χ0n) is 14.0. The van der Waals surface area contributed by atoms with Crippen LogP contribution in [0.2, 0.25) is 0 Å². The molecule has 0 bridgehead atoms. The number of nitrogens with zero attached hydrogens (tertiary/aromatic N) is 2. The number of hydrogen-bond donors (Lipinski definition) is 0. The molecule has 0 aliphatic heterocycles. The maximum atomic E-state index is 4.50. The van der Waals surface area contributed by atoms with Crippen LogP contribution in [0.3, 0.4) is 0 Å². The van der Waals surface area contributed by atoms with E-state index in [0.717, 1.165) is 17.1 Å². The summed E-state index contributed by atoms with van der Waals surface area (Å²) in [6, 6.07) is 0. The summed E-state index contributed by atoms with van der Waals surface area (Å²) < 4.78 is 0. The molecular formula is C19H27N2. The minimum absolute atomic E-state index is 0.712. The summed E-state index contributed by atoms with van der Waals surface area (Å²) in [5, 5.41) is 0. The molecule has 1 radical (unpaired) electrons. The molecule has 0 saturated carbocycles.